The molecular weight excluding hydrogens is 240 g/mol. The number of phenolic OH excluding ortho intramolecular Hbond substituents is 2. The standard InChI is InChI=1S/C11H14N2O3S/c1-6(10(12)17)5-13-11(16)7-3-2-4-8(14)9(7)15/h2-4,6,14-15H,5H2,1H3,(H2,12,17)(H,13,16). The largest absolute Gasteiger partial charge is 0.504 e. The van der Waals surface area contributed by atoms with E-state index in [1.165, 1.54) is 18.2 Å². The van der Waals surface area contributed by atoms with E-state index in [9.17, 15) is 15.0 Å². The Morgan fingerprint density at radius 3 is 2.76 bits per heavy atom. The highest BCUT2D eigenvalue weighted by Gasteiger charge is 2.14. The molecule has 0 spiro atoms. The van der Waals surface area contributed by atoms with Gasteiger partial charge in [-0.3, -0.25) is 4.79 Å². The zero-order valence-corrected chi connectivity index (χ0v) is 10.1. The van der Waals surface area contributed by atoms with Gasteiger partial charge in [0, 0.05) is 12.5 Å². The van der Waals surface area contributed by atoms with Gasteiger partial charge in [0.2, 0.25) is 0 Å². The number of carbonyl (C=O) groups excluding carboxylic acids is 1. The SMILES string of the molecule is CC(CNC(=O)c1cccc(O)c1O)C(N)=S. The first-order valence-electron chi connectivity index (χ1n) is 5.02. The minimum absolute atomic E-state index is 0.0140. The second-order valence-electron chi connectivity index (χ2n) is 3.69. The Labute approximate surface area is 104 Å². The Balaban J connectivity index is 2.71. The zero-order valence-electron chi connectivity index (χ0n) is 9.30. The number of carbonyl (C=O) groups is 1. The average molecular weight is 254 g/mol. The maximum Gasteiger partial charge on any atom is 0.255 e. The van der Waals surface area contributed by atoms with Crippen molar-refractivity contribution in [2.75, 3.05) is 6.54 Å². The van der Waals surface area contributed by atoms with Crippen LogP contribution in [0.3, 0.4) is 0 Å². The highest BCUT2D eigenvalue weighted by molar-refractivity contribution is 7.80. The lowest BCUT2D eigenvalue weighted by atomic mass is 10.1. The fraction of sp³-hybridized carbons (Fsp3) is 0.273. The molecule has 1 aromatic carbocycles. The van der Waals surface area contributed by atoms with Gasteiger partial charge in [-0.25, -0.2) is 0 Å². The molecule has 0 heterocycles. The van der Waals surface area contributed by atoms with E-state index in [0.29, 0.717) is 4.99 Å². The molecule has 0 radical (unpaired) electrons. The van der Waals surface area contributed by atoms with Crippen molar-refractivity contribution in [3.8, 4) is 11.5 Å². The number of amides is 1. The quantitative estimate of drug-likeness (QED) is 0.470. The Bertz CT molecular complexity index is 448. The van der Waals surface area contributed by atoms with Crippen LogP contribution in [0, 0.1) is 5.92 Å². The number of para-hydroxylation sites is 1. The van der Waals surface area contributed by atoms with Crippen molar-refractivity contribution in [2.45, 2.75) is 6.92 Å². The summed E-state index contributed by atoms with van der Waals surface area (Å²) >= 11 is 4.77. The topological polar surface area (TPSA) is 95.6 Å². The molecule has 1 amide bonds. The van der Waals surface area contributed by atoms with Gasteiger partial charge in [0.25, 0.3) is 5.91 Å². The van der Waals surface area contributed by atoms with Gasteiger partial charge in [0.15, 0.2) is 11.5 Å². The van der Waals surface area contributed by atoms with Gasteiger partial charge in [0.05, 0.1) is 10.6 Å². The van der Waals surface area contributed by atoms with Gasteiger partial charge in [-0.05, 0) is 12.1 Å². The summed E-state index contributed by atoms with van der Waals surface area (Å²) in [5, 5.41) is 21.3. The van der Waals surface area contributed by atoms with Crippen LogP contribution in [0.1, 0.15) is 17.3 Å². The van der Waals surface area contributed by atoms with Crippen LogP contribution in [0.15, 0.2) is 18.2 Å². The minimum Gasteiger partial charge on any atom is -0.504 e. The molecule has 5 nitrogen and oxygen atoms in total. The maximum absolute atomic E-state index is 11.7. The van der Waals surface area contributed by atoms with Crippen LogP contribution in [0.5, 0.6) is 11.5 Å². The summed E-state index contributed by atoms with van der Waals surface area (Å²) in [4.78, 5) is 12.0. The molecule has 0 saturated heterocycles. The lowest BCUT2D eigenvalue weighted by Gasteiger charge is -2.11. The molecule has 1 aromatic rings. The molecule has 5 N–H and O–H groups in total. The summed E-state index contributed by atoms with van der Waals surface area (Å²) in [5.74, 6) is -1.39. The number of thiocarbonyl (C=S) groups is 1. The fourth-order valence-electron chi connectivity index (χ4n) is 1.16. The minimum atomic E-state index is -0.485. The Kier molecular flexibility index (Phi) is 4.28. The Morgan fingerprint density at radius 2 is 2.18 bits per heavy atom. The summed E-state index contributed by atoms with van der Waals surface area (Å²) < 4.78 is 0. The van der Waals surface area contributed by atoms with E-state index in [2.05, 4.69) is 5.32 Å². The van der Waals surface area contributed by atoms with Crippen LogP contribution >= 0.6 is 12.2 Å². The monoisotopic (exact) mass is 254 g/mol. The molecule has 1 atom stereocenters. The van der Waals surface area contributed by atoms with E-state index < -0.39 is 11.7 Å². The predicted octanol–water partition coefficient (Wildman–Crippen LogP) is 0.750. The normalized spacial score (nSPS) is 11.8. The molecule has 0 fully saturated rings. The number of hydrogen-bond donors (Lipinski definition) is 4. The highest BCUT2D eigenvalue weighted by atomic mass is 32.1. The van der Waals surface area contributed by atoms with E-state index in [-0.39, 0.29) is 23.8 Å². The third-order valence-corrected chi connectivity index (χ3v) is 2.72. The number of aromatic hydroxyl groups is 2. The van der Waals surface area contributed by atoms with Gasteiger partial charge in [0.1, 0.15) is 0 Å². The molecule has 17 heavy (non-hydrogen) atoms. The molecule has 6 heteroatoms. The van der Waals surface area contributed by atoms with Crippen molar-refractivity contribution in [3.05, 3.63) is 23.8 Å². The zero-order chi connectivity index (χ0) is 13.0. The number of phenols is 2. The highest BCUT2D eigenvalue weighted by Crippen LogP contribution is 2.27. The molecule has 0 aliphatic heterocycles. The summed E-state index contributed by atoms with van der Waals surface area (Å²) in [6, 6.07) is 4.18. The average Bonchev–Trinajstić information content (AvgIpc) is 2.29. The van der Waals surface area contributed by atoms with Gasteiger partial charge in [-0.1, -0.05) is 25.2 Å². The lowest BCUT2D eigenvalue weighted by Crippen LogP contribution is -2.33. The number of benzene rings is 1. The predicted molar refractivity (Wildman–Crippen MR) is 68.1 cm³/mol. The summed E-state index contributed by atoms with van der Waals surface area (Å²) in [6.07, 6.45) is 0. The Morgan fingerprint density at radius 1 is 1.53 bits per heavy atom. The van der Waals surface area contributed by atoms with Gasteiger partial charge >= 0.3 is 0 Å². The van der Waals surface area contributed by atoms with Gasteiger partial charge in [-0.15, -0.1) is 0 Å². The first-order chi connectivity index (χ1) is 7.93. The number of nitrogens with two attached hydrogens (primary N) is 1. The third-order valence-electron chi connectivity index (χ3n) is 2.31. The van der Waals surface area contributed by atoms with E-state index in [4.69, 9.17) is 18.0 Å². The second-order valence-corrected chi connectivity index (χ2v) is 4.16. The van der Waals surface area contributed by atoms with Crippen molar-refractivity contribution in [1.29, 1.82) is 0 Å². The van der Waals surface area contributed by atoms with Gasteiger partial charge < -0.3 is 21.3 Å². The molecule has 0 aliphatic rings. The van der Waals surface area contributed by atoms with Gasteiger partial charge in [-0.2, -0.15) is 0 Å². The number of hydrogen-bond acceptors (Lipinski definition) is 4. The molecule has 0 aliphatic carbocycles. The lowest BCUT2D eigenvalue weighted by molar-refractivity contribution is 0.0948. The summed E-state index contributed by atoms with van der Waals surface area (Å²) in [6.45, 7) is 2.06. The molecule has 92 valence electrons. The molecule has 0 saturated carbocycles. The van der Waals surface area contributed by atoms with E-state index in [0.717, 1.165) is 0 Å². The summed E-state index contributed by atoms with van der Waals surface area (Å²) in [5.41, 5.74) is 5.42. The third kappa shape index (κ3) is 3.32. The smallest absolute Gasteiger partial charge is 0.255 e. The summed E-state index contributed by atoms with van der Waals surface area (Å²) in [7, 11) is 0. The van der Waals surface area contributed by atoms with Crippen molar-refractivity contribution in [1.82, 2.24) is 5.32 Å². The number of nitrogens with one attached hydrogen (secondary N) is 1. The van der Waals surface area contributed by atoms with Crippen molar-refractivity contribution in [3.63, 3.8) is 0 Å². The van der Waals surface area contributed by atoms with Crippen molar-refractivity contribution in [2.24, 2.45) is 11.7 Å². The van der Waals surface area contributed by atoms with Crippen LogP contribution in [0.25, 0.3) is 0 Å². The van der Waals surface area contributed by atoms with Crippen LogP contribution in [-0.4, -0.2) is 27.7 Å². The van der Waals surface area contributed by atoms with Crippen LogP contribution in [0.2, 0.25) is 0 Å². The fourth-order valence-corrected chi connectivity index (χ4v) is 1.24. The van der Waals surface area contributed by atoms with Crippen molar-refractivity contribution < 1.29 is 15.0 Å². The molecule has 0 bridgehead atoms. The maximum atomic E-state index is 11.7. The van der Waals surface area contributed by atoms with E-state index in [1.54, 1.807) is 6.92 Å². The number of rotatable bonds is 4. The van der Waals surface area contributed by atoms with Crippen LogP contribution in [-0.2, 0) is 0 Å². The molecule has 1 rings (SSSR count). The second kappa shape index (κ2) is 5.49. The van der Waals surface area contributed by atoms with Crippen LogP contribution in [0.4, 0.5) is 0 Å². The Hall–Kier alpha value is -1.82. The van der Waals surface area contributed by atoms with Crippen LogP contribution < -0.4 is 11.1 Å². The van der Waals surface area contributed by atoms with Crippen molar-refractivity contribution >= 4 is 23.1 Å². The first-order valence-corrected chi connectivity index (χ1v) is 5.42. The molecule has 1 unspecified atom stereocenters. The first kappa shape index (κ1) is 13.2. The molecule has 0 aromatic heterocycles. The van der Waals surface area contributed by atoms with E-state index >= 15 is 0 Å². The molecular formula is C11H14N2O3S. The van der Waals surface area contributed by atoms with E-state index in [1.807, 2.05) is 0 Å².